The molecule has 1 unspecified atom stereocenters. The predicted molar refractivity (Wildman–Crippen MR) is 177 cm³/mol. The number of piperidine rings is 1. The lowest BCUT2D eigenvalue weighted by Gasteiger charge is -2.43. The zero-order valence-electron chi connectivity index (χ0n) is 27.0. The number of nitrogens with one attached hydrogen (secondary N) is 1. The summed E-state index contributed by atoms with van der Waals surface area (Å²) in [6, 6.07) is 5.26. The standard InChI is InChI=1S/C35H45N5O6/c1-24-29(25(2)41)32(40(44)45)27(14-7-9-18-36)31(30(24)28-15-8-10-19-37-28)33(42)38-20-11-21-39-22-16-35(17-23-39,34(43)46-3)26-12-5-4-6-13-26/h4-6,8,10,12,15,19,26H,7,9,11,13-14,16-18,20-23,36H2,1-3H3,(H,38,42). The second kappa shape index (κ2) is 15.9. The van der Waals surface area contributed by atoms with E-state index in [1.807, 2.05) is 12.2 Å². The number of likely N-dealkylation sites (tertiary alicyclic amines) is 1. The Balaban J connectivity index is 1.54. The Bertz CT molecular complexity index is 1490. The van der Waals surface area contributed by atoms with Crippen molar-refractivity contribution < 1.29 is 24.0 Å². The third-order valence-corrected chi connectivity index (χ3v) is 9.36. The Hall–Kier alpha value is -4.22. The molecule has 1 atom stereocenters. The number of pyridine rings is 1. The number of nitrogens with zero attached hydrogens (tertiary/aromatic N) is 3. The molecular formula is C35H45N5O6. The van der Waals surface area contributed by atoms with Gasteiger partial charge >= 0.3 is 5.97 Å². The number of hydrogen-bond acceptors (Lipinski definition) is 9. The quantitative estimate of drug-likeness (QED) is 0.0967. The average molecular weight is 632 g/mol. The van der Waals surface area contributed by atoms with Crippen LogP contribution in [0.4, 0.5) is 5.69 Å². The average Bonchev–Trinajstić information content (AvgIpc) is 3.07. The second-order valence-corrected chi connectivity index (χ2v) is 12.1. The molecule has 1 aliphatic carbocycles. The van der Waals surface area contributed by atoms with E-state index in [-0.39, 0.29) is 40.7 Å². The number of amides is 1. The number of hydrogen-bond donors (Lipinski definition) is 2. The van der Waals surface area contributed by atoms with E-state index >= 15 is 0 Å². The highest BCUT2D eigenvalue weighted by Crippen LogP contribution is 2.44. The number of aromatic nitrogens is 1. The number of Topliss-reactive ketones (excluding diaryl/α,β-unsaturated/α-hetero) is 1. The van der Waals surface area contributed by atoms with Crippen LogP contribution in [-0.2, 0) is 16.0 Å². The molecule has 0 spiro atoms. The van der Waals surface area contributed by atoms with Crippen LogP contribution in [0.5, 0.6) is 0 Å². The van der Waals surface area contributed by atoms with Crippen molar-refractivity contribution >= 4 is 23.3 Å². The first-order valence-electron chi connectivity index (χ1n) is 16.0. The fourth-order valence-corrected chi connectivity index (χ4v) is 7.00. The Morgan fingerprint density at radius 1 is 1.15 bits per heavy atom. The Morgan fingerprint density at radius 2 is 1.91 bits per heavy atom. The van der Waals surface area contributed by atoms with Crippen LogP contribution >= 0.6 is 0 Å². The van der Waals surface area contributed by atoms with Gasteiger partial charge in [-0.05, 0) is 109 Å². The fourth-order valence-electron chi connectivity index (χ4n) is 7.00. The largest absolute Gasteiger partial charge is 0.469 e. The molecule has 1 amide bonds. The topological polar surface area (TPSA) is 158 Å². The molecule has 1 aromatic heterocycles. The van der Waals surface area contributed by atoms with Crippen LogP contribution in [-0.4, -0.2) is 72.3 Å². The summed E-state index contributed by atoms with van der Waals surface area (Å²) in [6.45, 7) is 5.89. The molecule has 2 aliphatic rings. The van der Waals surface area contributed by atoms with Crippen LogP contribution in [0.2, 0.25) is 0 Å². The van der Waals surface area contributed by atoms with Crippen molar-refractivity contribution in [2.24, 2.45) is 17.1 Å². The molecule has 1 saturated heterocycles. The summed E-state index contributed by atoms with van der Waals surface area (Å²) in [5.41, 5.74) is 6.52. The van der Waals surface area contributed by atoms with Gasteiger partial charge in [-0.1, -0.05) is 30.4 Å². The number of nitrogens with two attached hydrogens (primary N) is 1. The molecule has 246 valence electrons. The van der Waals surface area contributed by atoms with Gasteiger partial charge < -0.3 is 20.7 Å². The molecule has 0 radical (unpaired) electrons. The minimum atomic E-state index is -0.551. The van der Waals surface area contributed by atoms with Gasteiger partial charge in [0.05, 0.1) is 34.3 Å². The number of methoxy groups -OCH3 is 1. The number of allylic oxidation sites excluding steroid dienone is 4. The number of ether oxygens (including phenoxy) is 1. The van der Waals surface area contributed by atoms with Crippen molar-refractivity contribution in [3.8, 4) is 11.3 Å². The zero-order valence-corrected chi connectivity index (χ0v) is 27.0. The van der Waals surface area contributed by atoms with E-state index in [4.69, 9.17) is 10.5 Å². The summed E-state index contributed by atoms with van der Waals surface area (Å²) < 4.78 is 5.25. The first kappa shape index (κ1) is 34.6. The summed E-state index contributed by atoms with van der Waals surface area (Å²) in [5.74, 6) is -0.927. The molecule has 4 rings (SSSR count). The maximum atomic E-state index is 14.0. The van der Waals surface area contributed by atoms with E-state index in [0.717, 1.165) is 26.1 Å². The maximum Gasteiger partial charge on any atom is 0.312 e. The van der Waals surface area contributed by atoms with E-state index in [1.165, 1.54) is 14.0 Å². The summed E-state index contributed by atoms with van der Waals surface area (Å²) >= 11 is 0. The molecule has 1 aliphatic heterocycles. The minimum Gasteiger partial charge on any atom is -0.469 e. The van der Waals surface area contributed by atoms with E-state index in [0.29, 0.717) is 62.0 Å². The van der Waals surface area contributed by atoms with Crippen molar-refractivity contribution in [3.05, 3.63) is 81.1 Å². The van der Waals surface area contributed by atoms with Gasteiger partial charge in [-0.25, -0.2) is 0 Å². The molecule has 0 bridgehead atoms. The number of unbranched alkanes of at least 4 members (excludes halogenated alkanes) is 1. The van der Waals surface area contributed by atoms with Crippen LogP contribution in [0.25, 0.3) is 11.3 Å². The predicted octanol–water partition coefficient (Wildman–Crippen LogP) is 4.96. The van der Waals surface area contributed by atoms with Gasteiger partial charge in [-0.2, -0.15) is 0 Å². The van der Waals surface area contributed by atoms with Crippen molar-refractivity contribution in [2.75, 3.05) is 39.8 Å². The van der Waals surface area contributed by atoms with Gasteiger partial charge in [0.25, 0.3) is 11.6 Å². The molecule has 11 nitrogen and oxygen atoms in total. The van der Waals surface area contributed by atoms with Gasteiger partial charge in [-0.3, -0.25) is 29.5 Å². The maximum absolute atomic E-state index is 14.0. The summed E-state index contributed by atoms with van der Waals surface area (Å²) in [7, 11) is 1.45. The fraction of sp³-hybridized carbons (Fsp3) is 0.486. The molecule has 1 aromatic carbocycles. The third kappa shape index (κ3) is 7.42. The third-order valence-electron chi connectivity index (χ3n) is 9.36. The Morgan fingerprint density at radius 3 is 2.50 bits per heavy atom. The normalized spacial score (nSPS) is 17.4. The number of carbonyl (C=O) groups is 3. The first-order valence-corrected chi connectivity index (χ1v) is 16.0. The van der Waals surface area contributed by atoms with Crippen LogP contribution in [0.3, 0.4) is 0 Å². The number of rotatable bonds is 14. The monoisotopic (exact) mass is 631 g/mol. The molecule has 0 saturated carbocycles. The highest BCUT2D eigenvalue weighted by atomic mass is 16.6. The highest BCUT2D eigenvalue weighted by Gasteiger charge is 2.47. The molecule has 46 heavy (non-hydrogen) atoms. The van der Waals surface area contributed by atoms with Gasteiger partial charge in [-0.15, -0.1) is 0 Å². The van der Waals surface area contributed by atoms with Crippen LogP contribution in [0.1, 0.15) is 77.3 Å². The lowest BCUT2D eigenvalue weighted by molar-refractivity contribution is -0.385. The minimum absolute atomic E-state index is 0.00202. The molecule has 3 N–H and O–H groups in total. The van der Waals surface area contributed by atoms with Crippen molar-refractivity contribution in [1.29, 1.82) is 0 Å². The lowest BCUT2D eigenvalue weighted by Crippen LogP contribution is -2.49. The van der Waals surface area contributed by atoms with Crippen LogP contribution in [0, 0.1) is 28.4 Å². The molecule has 2 aromatic rings. The van der Waals surface area contributed by atoms with Crippen LogP contribution < -0.4 is 11.1 Å². The number of ketones is 1. The second-order valence-electron chi connectivity index (χ2n) is 12.1. The van der Waals surface area contributed by atoms with E-state index in [1.54, 1.807) is 31.3 Å². The Kier molecular flexibility index (Phi) is 11.9. The van der Waals surface area contributed by atoms with Crippen molar-refractivity contribution in [2.45, 2.75) is 58.8 Å². The van der Waals surface area contributed by atoms with Crippen molar-refractivity contribution in [1.82, 2.24) is 15.2 Å². The first-order chi connectivity index (χ1) is 22.2. The number of esters is 1. The molecule has 2 heterocycles. The van der Waals surface area contributed by atoms with Crippen LogP contribution in [0.15, 0.2) is 48.7 Å². The summed E-state index contributed by atoms with van der Waals surface area (Å²) in [6.07, 6.45) is 14.0. The molecule has 1 fully saturated rings. The molecular weight excluding hydrogens is 586 g/mol. The van der Waals surface area contributed by atoms with E-state index < -0.39 is 22.0 Å². The van der Waals surface area contributed by atoms with Crippen molar-refractivity contribution in [3.63, 3.8) is 0 Å². The van der Waals surface area contributed by atoms with Gasteiger partial charge in [0.1, 0.15) is 0 Å². The lowest BCUT2D eigenvalue weighted by atomic mass is 9.66. The summed E-state index contributed by atoms with van der Waals surface area (Å²) in [5, 5.41) is 15.4. The van der Waals surface area contributed by atoms with E-state index in [9.17, 15) is 24.5 Å². The van der Waals surface area contributed by atoms with Gasteiger partial charge in [0, 0.05) is 23.9 Å². The van der Waals surface area contributed by atoms with E-state index in [2.05, 4.69) is 27.4 Å². The molecule has 11 heteroatoms. The smallest absolute Gasteiger partial charge is 0.312 e. The highest BCUT2D eigenvalue weighted by molar-refractivity contribution is 6.09. The van der Waals surface area contributed by atoms with Gasteiger partial charge in [0.15, 0.2) is 5.78 Å². The summed E-state index contributed by atoms with van der Waals surface area (Å²) in [4.78, 5) is 58.4. The Labute approximate surface area is 270 Å². The number of nitro groups is 1. The number of nitro benzene ring substituents is 1. The SMILES string of the molecule is COC(=O)C1(C2C=CC=CC2)CCN(CCCNC(=O)c2c(CCCCN)c([N+](=O)[O-])c(C(C)=O)c(C)c2-c2ccccn2)CC1. The zero-order chi connectivity index (χ0) is 33.3. The number of carbonyl (C=O) groups excluding carboxylic acids is 3. The number of benzene rings is 1. The van der Waals surface area contributed by atoms with Gasteiger partial charge in [0.2, 0.25) is 0 Å².